The van der Waals surface area contributed by atoms with Crippen molar-refractivity contribution in [1.82, 2.24) is 14.9 Å². The van der Waals surface area contributed by atoms with Gasteiger partial charge in [0, 0.05) is 35.6 Å². The van der Waals surface area contributed by atoms with Crippen LogP contribution in [0, 0.1) is 13.8 Å². The molecule has 0 saturated carbocycles. The molecule has 0 N–H and O–H groups in total. The van der Waals surface area contributed by atoms with Gasteiger partial charge in [0.2, 0.25) is 0 Å². The van der Waals surface area contributed by atoms with Gasteiger partial charge < -0.3 is 4.74 Å². The molecule has 0 spiro atoms. The summed E-state index contributed by atoms with van der Waals surface area (Å²) in [5.74, 6) is 0. The molecule has 1 aliphatic rings. The summed E-state index contributed by atoms with van der Waals surface area (Å²) in [5, 5.41) is 0. The van der Waals surface area contributed by atoms with Crippen molar-refractivity contribution < 1.29 is 4.74 Å². The zero-order chi connectivity index (χ0) is 13.9. The van der Waals surface area contributed by atoms with E-state index in [1.54, 1.807) is 6.20 Å². The monoisotopic (exact) mass is 289 g/mol. The molecule has 2 aromatic rings. The highest BCUT2D eigenvalue weighted by molar-refractivity contribution is 7.11. The maximum absolute atomic E-state index is 5.84. The molecule has 1 aliphatic heterocycles. The van der Waals surface area contributed by atoms with Gasteiger partial charge in [0.05, 0.1) is 24.2 Å². The Morgan fingerprint density at radius 1 is 1.30 bits per heavy atom. The molecule has 106 valence electrons. The second-order valence-corrected chi connectivity index (χ2v) is 6.56. The molecule has 3 rings (SSSR count). The summed E-state index contributed by atoms with van der Waals surface area (Å²) in [6.07, 6.45) is 3.68. The summed E-state index contributed by atoms with van der Waals surface area (Å²) < 4.78 is 5.84. The van der Waals surface area contributed by atoms with E-state index in [-0.39, 0.29) is 6.10 Å². The molecule has 0 unspecified atom stereocenters. The molecular formula is C15H19N3OS. The van der Waals surface area contributed by atoms with E-state index in [0.717, 1.165) is 37.6 Å². The second-order valence-electron chi connectivity index (χ2n) is 5.19. The van der Waals surface area contributed by atoms with Crippen LogP contribution >= 0.6 is 11.3 Å². The van der Waals surface area contributed by atoms with Crippen LogP contribution in [-0.4, -0.2) is 34.6 Å². The Morgan fingerprint density at radius 2 is 2.20 bits per heavy atom. The summed E-state index contributed by atoms with van der Waals surface area (Å²) in [4.78, 5) is 14.0. The van der Waals surface area contributed by atoms with E-state index in [0.29, 0.717) is 0 Å². The Morgan fingerprint density at radius 3 is 2.90 bits per heavy atom. The van der Waals surface area contributed by atoms with E-state index in [4.69, 9.17) is 4.74 Å². The van der Waals surface area contributed by atoms with Gasteiger partial charge in [-0.3, -0.25) is 14.9 Å². The van der Waals surface area contributed by atoms with E-state index in [2.05, 4.69) is 33.9 Å². The van der Waals surface area contributed by atoms with Crippen LogP contribution in [0.2, 0.25) is 0 Å². The first-order valence-electron chi connectivity index (χ1n) is 6.88. The SMILES string of the molecule is Cc1cnc([C@H]2CN(Cc3ccc(C)s3)CCO2)cn1. The van der Waals surface area contributed by atoms with Crippen molar-refractivity contribution in [3.63, 3.8) is 0 Å². The maximum atomic E-state index is 5.84. The van der Waals surface area contributed by atoms with E-state index < -0.39 is 0 Å². The minimum atomic E-state index is 0.0397. The van der Waals surface area contributed by atoms with Crippen molar-refractivity contribution in [3.05, 3.63) is 45.7 Å². The number of nitrogens with zero attached hydrogens (tertiary/aromatic N) is 3. The molecule has 3 heterocycles. The Bertz CT molecular complexity index is 567. The van der Waals surface area contributed by atoms with Crippen LogP contribution in [-0.2, 0) is 11.3 Å². The maximum Gasteiger partial charge on any atom is 0.114 e. The Balaban J connectivity index is 1.65. The number of hydrogen-bond acceptors (Lipinski definition) is 5. The standard InChI is InChI=1S/C15H19N3OS/c1-11-7-17-14(8-16-11)15-10-18(5-6-19-15)9-13-4-3-12(2)20-13/h3-4,7-8,15H,5-6,9-10H2,1-2H3/t15-/m1/s1. The van der Waals surface area contributed by atoms with Crippen LogP contribution in [0.3, 0.4) is 0 Å². The first-order chi connectivity index (χ1) is 9.70. The quantitative estimate of drug-likeness (QED) is 0.871. The van der Waals surface area contributed by atoms with Gasteiger partial charge in [-0.1, -0.05) is 0 Å². The van der Waals surface area contributed by atoms with Crippen molar-refractivity contribution in [2.24, 2.45) is 0 Å². The molecule has 1 saturated heterocycles. The van der Waals surface area contributed by atoms with Crippen molar-refractivity contribution in [3.8, 4) is 0 Å². The van der Waals surface area contributed by atoms with Gasteiger partial charge >= 0.3 is 0 Å². The van der Waals surface area contributed by atoms with E-state index in [1.807, 2.05) is 24.5 Å². The number of ether oxygens (including phenoxy) is 1. The van der Waals surface area contributed by atoms with E-state index >= 15 is 0 Å². The van der Waals surface area contributed by atoms with Crippen molar-refractivity contribution in [2.45, 2.75) is 26.5 Å². The first kappa shape index (κ1) is 13.7. The average molecular weight is 289 g/mol. The molecule has 0 radical (unpaired) electrons. The predicted molar refractivity (Wildman–Crippen MR) is 79.8 cm³/mol. The summed E-state index contributed by atoms with van der Waals surface area (Å²) >= 11 is 1.87. The Kier molecular flexibility index (Phi) is 4.10. The second kappa shape index (κ2) is 5.99. The fraction of sp³-hybridized carbons (Fsp3) is 0.467. The van der Waals surface area contributed by atoms with Crippen molar-refractivity contribution in [2.75, 3.05) is 19.7 Å². The van der Waals surface area contributed by atoms with Crippen molar-refractivity contribution >= 4 is 11.3 Å². The fourth-order valence-electron chi connectivity index (χ4n) is 2.38. The molecule has 4 nitrogen and oxygen atoms in total. The summed E-state index contributed by atoms with van der Waals surface area (Å²) in [6, 6.07) is 4.40. The first-order valence-corrected chi connectivity index (χ1v) is 7.70. The van der Waals surface area contributed by atoms with E-state index in [9.17, 15) is 0 Å². The minimum Gasteiger partial charge on any atom is -0.369 e. The minimum absolute atomic E-state index is 0.0397. The smallest absolute Gasteiger partial charge is 0.114 e. The van der Waals surface area contributed by atoms with Gasteiger partial charge in [-0.2, -0.15) is 0 Å². The highest BCUT2D eigenvalue weighted by Gasteiger charge is 2.23. The van der Waals surface area contributed by atoms with Gasteiger partial charge in [0.1, 0.15) is 6.10 Å². The number of aromatic nitrogens is 2. The number of aryl methyl sites for hydroxylation is 2. The van der Waals surface area contributed by atoms with Crippen LogP contribution in [0.1, 0.15) is 27.2 Å². The number of hydrogen-bond donors (Lipinski definition) is 0. The molecule has 0 amide bonds. The van der Waals surface area contributed by atoms with E-state index in [1.165, 1.54) is 9.75 Å². The Labute approximate surface area is 123 Å². The number of rotatable bonds is 3. The summed E-state index contributed by atoms with van der Waals surface area (Å²) in [7, 11) is 0. The molecule has 0 aliphatic carbocycles. The van der Waals surface area contributed by atoms with Crippen LogP contribution in [0.4, 0.5) is 0 Å². The third-order valence-electron chi connectivity index (χ3n) is 3.46. The fourth-order valence-corrected chi connectivity index (χ4v) is 3.32. The largest absolute Gasteiger partial charge is 0.369 e. The van der Waals surface area contributed by atoms with Crippen LogP contribution in [0.5, 0.6) is 0 Å². The molecule has 0 aromatic carbocycles. The molecule has 20 heavy (non-hydrogen) atoms. The zero-order valence-corrected chi connectivity index (χ0v) is 12.7. The third-order valence-corrected chi connectivity index (χ3v) is 4.44. The van der Waals surface area contributed by atoms with Gasteiger partial charge in [-0.15, -0.1) is 11.3 Å². The molecular weight excluding hydrogens is 270 g/mol. The lowest BCUT2D eigenvalue weighted by atomic mass is 10.2. The summed E-state index contributed by atoms with van der Waals surface area (Å²) in [6.45, 7) is 7.71. The topological polar surface area (TPSA) is 38.2 Å². The highest BCUT2D eigenvalue weighted by Crippen LogP contribution is 2.23. The number of thiophene rings is 1. The third kappa shape index (κ3) is 3.23. The van der Waals surface area contributed by atoms with Gasteiger partial charge in [-0.05, 0) is 26.0 Å². The highest BCUT2D eigenvalue weighted by atomic mass is 32.1. The lowest BCUT2D eigenvalue weighted by molar-refractivity contribution is -0.0348. The molecule has 0 bridgehead atoms. The molecule has 5 heteroatoms. The number of morpholine rings is 1. The Hall–Kier alpha value is -1.30. The predicted octanol–water partition coefficient (Wildman–Crippen LogP) is 2.73. The average Bonchev–Trinajstić information content (AvgIpc) is 2.85. The lowest BCUT2D eigenvalue weighted by Gasteiger charge is -2.32. The van der Waals surface area contributed by atoms with Crippen LogP contribution in [0.25, 0.3) is 0 Å². The van der Waals surface area contributed by atoms with Crippen LogP contribution < -0.4 is 0 Å². The molecule has 1 fully saturated rings. The summed E-state index contributed by atoms with van der Waals surface area (Å²) in [5.41, 5.74) is 1.87. The zero-order valence-electron chi connectivity index (χ0n) is 11.9. The van der Waals surface area contributed by atoms with Gasteiger partial charge in [-0.25, -0.2) is 0 Å². The van der Waals surface area contributed by atoms with Crippen molar-refractivity contribution in [1.29, 1.82) is 0 Å². The van der Waals surface area contributed by atoms with Gasteiger partial charge in [0.25, 0.3) is 0 Å². The lowest BCUT2D eigenvalue weighted by Crippen LogP contribution is -2.37. The van der Waals surface area contributed by atoms with Crippen LogP contribution in [0.15, 0.2) is 24.5 Å². The molecule has 1 atom stereocenters. The van der Waals surface area contributed by atoms with Gasteiger partial charge in [0.15, 0.2) is 0 Å². The normalized spacial score (nSPS) is 20.2. The molecule has 2 aromatic heterocycles.